The first-order chi connectivity index (χ1) is 14.8. The second-order valence-electron chi connectivity index (χ2n) is 6.28. The fourth-order valence-electron chi connectivity index (χ4n) is 2.85. The number of hydrogen-bond acceptors (Lipinski definition) is 7. The quantitative estimate of drug-likeness (QED) is 0.328. The molecule has 160 valence electrons. The van der Waals surface area contributed by atoms with Crippen LogP contribution in [0.25, 0.3) is 5.69 Å². The number of thiazole rings is 1. The molecule has 1 heterocycles. The largest absolute Gasteiger partial charge is 0.497 e. The Morgan fingerprint density at radius 3 is 2.52 bits per heavy atom. The normalized spacial score (nSPS) is 11.3. The van der Waals surface area contributed by atoms with E-state index in [1.54, 1.807) is 49.8 Å². The fourth-order valence-corrected chi connectivity index (χ4v) is 3.88. The monoisotopic (exact) mass is 441 g/mol. The first-order valence-electron chi connectivity index (χ1n) is 9.23. The molecule has 2 aromatic carbocycles. The Morgan fingerprint density at radius 2 is 1.90 bits per heavy atom. The summed E-state index contributed by atoms with van der Waals surface area (Å²) in [7, 11) is 1.55. The summed E-state index contributed by atoms with van der Waals surface area (Å²) in [6, 6.07) is 12.4. The molecule has 3 rings (SSSR count). The maximum Gasteiger partial charge on any atom is 0.350 e. The topological polar surface area (TPSA) is 113 Å². The molecule has 0 unspecified atom stereocenters. The van der Waals surface area contributed by atoms with E-state index in [0.717, 1.165) is 17.4 Å². The van der Waals surface area contributed by atoms with Gasteiger partial charge in [-0.3, -0.25) is 19.5 Å². The molecule has 3 aromatic rings. The van der Waals surface area contributed by atoms with Gasteiger partial charge in [-0.15, -0.1) is 0 Å². The average Bonchev–Trinajstić information content (AvgIpc) is 3.09. The van der Waals surface area contributed by atoms with Crippen LogP contribution in [-0.4, -0.2) is 35.1 Å². The van der Waals surface area contributed by atoms with Gasteiger partial charge in [0.15, 0.2) is 4.80 Å². The van der Waals surface area contributed by atoms with Gasteiger partial charge in [-0.2, -0.15) is 4.99 Å². The van der Waals surface area contributed by atoms with Gasteiger partial charge in [0.2, 0.25) is 0 Å². The van der Waals surface area contributed by atoms with Crippen LogP contribution in [0.2, 0.25) is 0 Å². The Kier molecular flexibility index (Phi) is 6.61. The number of nitro benzene ring substituents is 1. The van der Waals surface area contributed by atoms with Crippen molar-refractivity contribution in [2.45, 2.75) is 13.8 Å². The Morgan fingerprint density at radius 1 is 1.19 bits per heavy atom. The molecule has 0 atom stereocenters. The van der Waals surface area contributed by atoms with Gasteiger partial charge in [-0.1, -0.05) is 17.4 Å². The van der Waals surface area contributed by atoms with Crippen molar-refractivity contribution in [3.05, 3.63) is 79.6 Å². The molecule has 0 spiro atoms. The van der Waals surface area contributed by atoms with Crippen molar-refractivity contribution in [2.24, 2.45) is 4.99 Å². The molecule has 0 aliphatic heterocycles. The van der Waals surface area contributed by atoms with E-state index in [4.69, 9.17) is 9.47 Å². The van der Waals surface area contributed by atoms with E-state index in [0.29, 0.717) is 22.0 Å². The summed E-state index contributed by atoms with van der Waals surface area (Å²) in [5.41, 5.74) is 1.08. The summed E-state index contributed by atoms with van der Waals surface area (Å²) in [6.45, 7) is 3.64. The third-order valence-electron chi connectivity index (χ3n) is 4.34. The number of benzene rings is 2. The summed E-state index contributed by atoms with van der Waals surface area (Å²) in [5.74, 6) is -0.534. The second-order valence-corrected chi connectivity index (χ2v) is 7.25. The van der Waals surface area contributed by atoms with E-state index in [2.05, 4.69) is 4.99 Å². The summed E-state index contributed by atoms with van der Waals surface area (Å²) < 4.78 is 12.0. The zero-order valence-electron chi connectivity index (χ0n) is 17.0. The molecule has 0 bridgehead atoms. The van der Waals surface area contributed by atoms with Crippen LogP contribution in [0.3, 0.4) is 0 Å². The Labute approximate surface area is 181 Å². The predicted octanol–water partition coefficient (Wildman–Crippen LogP) is 3.68. The number of nitrogens with zero attached hydrogens (tertiary/aromatic N) is 3. The molecule has 0 saturated carbocycles. The molecule has 0 radical (unpaired) electrons. The number of carbonyl (C=O) groups is 2. The standard InChI is InChI=1S/C21H19N3O6S/c1-4-30-20(26)18-13(2)23(15-8-10-17(29-3)11-9-15)21(31-18)22-19(25)14-6-5-7-16(12-14)24(27)28/h5-12H,4H2,1-3H3. The smallest absolute Gasteiger partial charge is 0.350 e. The van der Waals surface area contributed by atoms with E-state index in [1.165, 1.54) is 18.2 Å². The minimum absolute atomic E-state index is 0.0687. The highest BCUT2D eigenvalue weighted by atomic mass is 32.1. The molecule has 0 N–H and O–H groups in total. The van der Waals surface area contributed by atoms with Gasteiger partial charge >= 0.3 is 5.97 Å². The van der Waals surface area contributed by atoms with Crippen LogP contribution in [0.15, 0.2) is 53.5 Å². The number of non-ortho nitro benzene ring substituents is 1. The summed E-state index contributed by atoms with van der Waals surface area (Å²) >= 11 is 1.01. The van der Waals surface area contributed by atoms with Crippen LogP contribution in [-0.2, 0) is 4.74 Å². The lowest BCUT2D eigenvalue weighted by atomic mass is 10.2. The van der Waals surface area contributed by atoms with Crippen LogP contribution >= 0.6 is 11.3 Å². The molecular weight excluding hydrogens is 422 g/mol. The number of ether oxygens (including phenoxy) is 2. The van der Waals surface area contributed by atoms with E-state index >= 15 is 0 Å². The maximum absolute atomic E-state index is 12.8. The zero-order valence-corrected chi connectivity index (χ0v) is 17.8. The third-order valence-corrected chi connectivity index (χ3v) is 5.46. The zero-order chi connectivity index (χ0) is 22.5. The molecule has 10 heteroatoms. The van der Waals surface area contributed by atoms with Crippen molar-refractivity contribution < 1.29 is 24.0 Å². The number of nitro groups is 1. The summed E-state index contributed by atoms with van der Waals surface area (Å²) in [6.07, 6.45) is 0. The number of aromatic nitrogens is 1. The lowest BCUT2D eigenvalue weighted by molar-refractivity contribution is -0.384. The Hall–Kier alpha value is -3.79. The number of rotatable bonds is 6. The van der Waals surface area contributed by atoms with Crippen molar-refractivity contribution >= 4 is 28.9 Å². The molecule has 0 aliphatic rings. The Bertz CT molecular complexity index is 1210. The summed E-state index contributed by atoms with van der Waals surface area (Å²) in [4.78, 5) is 40.3. The first-order valence-corrected chi connectivity index (χ1v) is 10.0. The van der Waals surface area contributed by atoms with Crippen LogP contribution in [0, 0.1) is 17.0 Å². The Balaban J connectivity index is 2.16. The van der Waals surface area contributed by atoms with Crippen LogP contribution < -0.4 is 9.54 Å². The lowest BCUT2D eigenvalue weighted by Crippen LogP contribution is -2.16. The SMILES string of the molecule is CCOC(=O)c1sc(=NC(=O)c2cccc([N+](=O)[O-])c2)n(-c2ccc(OC)cc2)c1C. The van der Waals surface area contributed by atoms with Crippen LogP contribution in [0.1, 0.15) is 32.6 Å². The second kappa shape index (κ2) is 9.35. The van der Waals surface area contributed by atoms with Crippen molar-refractivity contribution in [3.63, 3.8) is 0 Å². The van der Waals surface area contributed by atoms with E-state index in [1.807, 2.05) is 0 Å². The van der Waals surface area contributed by atoms with Crippen LogP contribution in [0.5, 0.6) is 5.75 Å². The summed E-state index contributed by atoms with van der Waals surface area (Å²) in [5, 5.41) is 11.0. The molecule has 0 saturated heterocycles. The number of esters is 1. The van der Waals surface area contributed by atoms with Gasteiger partial charge in [-0.25, -0.2) is 4.79 Å². The van der Waals surface area contributed by atoms with Crippen molar-refractivity contribution in [2.75, 3.05) is 13.7 Å². The molecule has 1 amide bonds. The first kappa shape index (κ1) is 21.9. The van der Waals surface area contributed by atoms with Gasteiger partial charge in [-0.05, 0) is 44.2 Å². The van der Waals surface area contributed by atoms with E-state index < -0.39 is 16.8 Å². The molecule has 1 aromatic heterocycles. The molecule has 9 nitrogen and oxygen atoms in total. The van der Waals surface area contributed by atoms with Gasteiger partial charge in [0.25, 0.3) is 11.6 Å². The highest BCUT2D eigenvalue weighted by molar-refractivity contribution is 7.11. The van der Waals surface area contributed by atoms with Crippen molar-refractivity contribution in [1.29, 1.82) is 0 Å². The van der Waals surface area contributed by atoms with Crippen molar-refractivity contribution in [1.82, 2.24) is 4.57 Å². The number of amides is 1. The molecular formula is C21H19N3O6S. The number of methoxy groups -OCH3 is 1. The molecule has 31 heavy (non-hydrogen) atoms. The minimum atomic E-state index is -0.664. The van der Waals surface area contributed by atoms with Crippen molar-refractivity contribution in [3.8, 4) is 11.4 Å². The molecule has 0 fully saturated rings. The average molecular weight is 441 g/mol. The van der Waals surface area contributed by atoms with Gasteiger partial charge in [0.05, 0.1) is 18.6 Å². The van der Waals surface area contributed by atoms with Gasteiger partial charge < -0.3 is 9.47 Å². The fraction of sp³-hybridized carbons (Fsp3) is 0.190. The van der Waals surface area contributed by atoms with E-state index in [-0.39, 0.29) is 22.7 Å². The van der Waals surface area contributed by atoms with Crippen LogP contribution in [0.4, 0.5) is 5.69 Å². The predicted molar refractivity (Wildman–Crippen MR) is 114 cm³/mol. The number of carbonyl (C=O) groups excluding carboxylic acids is 2. The van der Waals surface area contributed by atoms with E-state index in [9.17, 15) is 19.7 Å². The van der Waals surface area contributed by atoms with Gasteiger partial charge in [0, 0.05) is 29.1 Å². The van der Waals surface area contributed by atoms with Gasteiger partial charge in [0.1, 0.15) is 10.6 Å². The maximum atomic E-state index is 12.8. The highest BCUT2D eigenvalue weighted by Gasteiger charge is 2.20. The molecule has 0 aliphatic carbocycles. The lowest BCUT2D eigenvalue weighted by Gasteiger charge is -2.08. The third kappa shape index (κ3) is 4.69. The minimum Gasteiger partial charge on any atom is -0.497 e. The highest BCUT2D eigenvalue weighted by Crippen LogP contribution is 2.21. The number of hydrogen-bond donors (Lipinski definition) is 0.